The fourth-order valence-electron chi connectivity index (χ4n) is 1.14. The number of para-hydroxylation sites is 1. The maximum absolute atomic E-state index is 10.6. The van der Waals surface area contributed by atoms with Crippen LogP contribution in [0.15, 0.2) is 24.3 Å². The maximum atomic E-state index is 10.6. The minimum absolute atomic E-state index is 0.0718. The molecule has 0 atom stereocenters. The van der Waals surface area contributed by atoms with Gasteiger partial charge in [0.2, 0.25) is 0 Å². The third-order valence-corrected chi connectivity index (χ3v) is 1.94. The van der Waals surface area contributed by atoms with Gasteiger partial charge in [-0.3, -0.25) is 10.1 Å². The third-order valence-electron chi connectivity index (χ3n) is 1.74. The van der Waals surface area contributed by atoms with Crippen LogP contribution in [0.1, 0.15) is 19.4 Å². The van der Waals surface area contributed by atoms with Crippen LogP contribution < -0.4 is 0 Å². The Morgan fingerprint density at radius 1 is 1.38 bits per heavy atom. The van der Waals surface area contributed by atoms with Crippen LogP contribution in [0.3, 0.4) is 0 Å². The summed E-state index contributed by atoms with van der Waals surface area (Å²) in [7, 11) is 0. The van der Waals surface area contributed by atoms with E-state index < -0.39 is 9.80 Å². The van der Waals surface area contributed by atoms with Gasteiger partial charge < -0.3 is 0 Å². The Morgan fingerprint density at radius 2 is 1.92 bits per heavy atom. The molecule has 0 unspecified atom stereocenters. The van der Waals surface area contributed by atoms with E-state index in [1.54, 1.807) is 32.0 Å². The number of benzene rings is 1. The van der Waals surface area contributed by atoms with Gasteiger partial charge in [0.15, 0.2) is 0 Å². The molecular weight excluding hydrogens is 190 g/mol. The first-order valence-electron chi connectivity index (χ1n) is 3.86. The molecule has 0 spiro atoms. The zero-order chi connectivity index (χ0) is 10.1. The second-order valence-electron chi connectivity index (χ2n) is 3.25. The maximum Gasteiger partial charge on any atom is 0.274 e. The fourth-order valence-corrected chi connectivity index (χ4v) is 1.30. The van der Waals surface area contributed by atoms with Gasteiger partial charge in [-0.05, 0) is 13.8 Å². The quantitative estimate of drug-likeness (QED) is 0.417. The summed E-state index contributed by atoms with van der Waals surface area (Å²) in [6.07, 6.45) is 0. The van der Waals surface area contributed by atoms with Gasteiger partial charge in [0.05, 0.1) is 15.4 Å². The monoisotopic (exact) mass is 199 g/mol. The summed E-state index contributed by atoms with van der Waals surface area (Å²) in [5, 5.41) is 10.6. The molecule has 0 heterocycles. The summed E-state index contributed by atoms with van der Waals surface area (Å²) in [6.45, 7) is 3.47. The van der Waals surface area contributed by atoms with Gasteiger partial charge in [-0.1, -0.05) is 18.2 Å². The first-order chi connectivity index (χ1) is 5.93. The minimum atomic E-state index is -0.705. The summed E-state index contributed by atoms with van der Waals surface area (Å²) >= 11 is 6.00. The van der Waals surface area contributed by atoms with Crippen LogP contribution in [-0.2, 0) is 4.87 Å². The number of rotatable bonds is 2. The van der Waals surface area contributed by atoms with Crippen molar-refractivity contribution in [1.29, 1.82) is 0 Å². The van der Waals surface area contributed by atoms with E-state index in [0.29, 0.717) is 5.56 Å². The number of hydrogen-bond acceptors (Lipinski definition) is 2. The average molecular weight is 200 g/mol. The minimum Gasteiger partial charge on any atom is -0.258 e. The number of nitro benzene ring substituents is 1. The van der Waals surface area contributed by atoms with Crippen molar-refractivity contribution in [3.8, 4) is 0 Å². The molecule has 0 saturated carbocycles. The molecule has 0 fully saturated rings. The Balaban J connectivity index is 3.28. The normalized spacial score (nSPS) is 11.3. The van der Waals surface area contributed by atoms with E-state index in [-0.39, 0.29) is 5.69 Å². The van der Waals surface area contributed by atoms with Crippen molar-refractivity contribution in [2.24, 2.45) is 0 Å². The van der Waals surface area contributed by atoms with Crippen LogP contribution in [0.4, 0.5) is 5.69 Å². The molecule has 4 heteroatoms. The lowest BCUT2D eigenvalue weighted by atomic mass is 10.0. The predicted octanol–water partition coefficient (Wildman–Crippen LogP) is 3.07. The van der Waals surface area contributed by atoms with Crippen LogP contribution in [-0.4, -0.2) is 4.92 Å². The van der Waals surface area contributed by atoms with Gasteiger partial charge in [0.25, 0.3) is 5.69 Å². The molecule has 70 valence electrons. The molecule has 1 rings (SSSR count). The van der Waals surface area contributed by atoms with Crippen LogP contribution in [0.25, 0.3) is 0 Å². The largest absolute Gasteiger partial charge is 0.274 e. The van der Waals surface area contributed by atoms with E-state index in [1.165, 1.54) is 6.07 Å². The zero-order valence-electron chi connectivity index (χ0n) is 7.45. The molecule has 0 saturated heterocycles. The SMILES string of the molecule is CC(C)(Cl)c1ccccc1[N+](=O)[O-]. The van der Waals surface area contributed by atoms with Crippen LogP contribution in [0.5, 0.6) is 0 Å². The molecule has 0 aliphatic rings. The average Bonchev–Trinajstić information content (AvgIpc) is 2.03. The van der Waals surface area contributed by atoms with Crippen molar-refractivity contribution in [3.63, 3.8) is 0 Å². The van der Waals surface area contributed by atoms with Crippen LogP contribution in [0, 0.1) is 10.1 Å². The van der Waals surface area contributed by atoms with Gasteiger partial charge in [-0.2, -0.15) is 0 Å². The molecule has 1 aromatic carbocycles. The van der Waals surface area contributed by atoms with Gasteiger partial charge in [-0.15, -0.1) is 11.6 Å². The molecule has 0 aromatic heterocycles. The molecule has 0 N–H and O–H groups in total. The lowest BCUT2D eigenvalue weighted by Crippen LogP contribution is -2.10. The van der Waals surface area contributed by atoms with E-state index in [2.05, 4.69) is 0 Å². The first kappa shape index (κ1) is 9.99. The van der Waals surface area contributed by atoms with Crippen molar-refractivity contribution < 1.29 is 4.92 Å². The predicted molar refractivity (Wildman–Crippen MR) is 52.0 cm³/mol. The molecule has 3 nitrogen and oxygen atoms in total. The highest BCUT2D eigenvalue weighted by Gasteiger charge is 2.25. The Hall–Kier alpha value is -1.09. The highest BCUT2D eigenvalue weighted by Crippen LogP contribution is 2.34. The Labute approximate surface area is 81.5 Å². The van der Waals surface area contributed by atoms with Crippen molar-refractivity contribution in [1.82, 2.24) is 0 Å². The van der Waals surface area contributed by atoms with Crippen molar-refractivity contribution >= 4 is 17.3 Å². The van der Waals surface area contributed by atoms with Gasteiger partial charge in [0.1, 0.15) is 0 Å². The number of hydrogen-bond donors (Lipinski definition) is 0. The second-order valence-corrected chi connectivity index (χ2v) is 4.19. The van der Waals surface area contributed by atoms with E-state index in [0.717, 1.165) is 0 Å². The standard InChI is InChI=1S/C9H10ClNO2/c1-9(2,10)7-5-3-4-6-8(7)11(12)13/h3-6H,1-2H3. The summed E-state index contributed by atoms with van der Waals surface area (Å²) in [5.74, 6) is 0. The molecule has 0 aliphatic carbocycles. The highest BCUT2D eigenvalue weighted by molar-refractivity contribution is 6.23. The molecule has 0 radical (unpaired) electrons. The fraction of sp³-hybridized carbons (Fsp3) is 0.333. The summed E-state index contributed by atoms with van der Waals surface area (Å²) in [5.41, 5.74) is 0.615. The highest BCUT2D eigenvalue weighted by atomic mass is 35.5. The van der Waals surface area contributed by atoms with Crippen molar-refractivity contribution in [2.75, 3.05) is 0 Å². The number of nitrogens with zero attached hydrogens (tertiary/aromatic N) is 1. The third kappa shape index (κ3) is 2.18. The number of nitro groups is 1. The van der Waals surface area contributed by atoms with Crippen molar-refractivity contribution in [3.05, 3.63) is 39.9 Å². The summed E-state index contributed by atoms with van der Waals surface area (Å²) < 4.78 is 0. The molecular formula is C9H10ClNO2. The van der Waals surface area contributed by atoms with E-state index in [9.17, 15) is 10.1 Å². The second kappa shape index (κ2) is 3.34. The van der Waals surface area contributed by atoms with Gasteiger partial charge in [-0.25, -0.2) is 0 Å². The summed E-state index contributed by atoms with van der Waals surface area (Å²) in [4.78, 5) is 9.49. The Bertz CT molecular complexity index is 331. The molecule has 0 bridgehead atoms. The molecule has 0 aliphatic heterocycles. The topological polar surface area (TPSA) is 43.1 Å². The first-order valence-corrected chi connectivity index (χ1v) is 4.23. The molecule has 0 amide bonds. The van der Waals surface area contributed by atoms with E-state index in [4.69, 9.17) is 11.6 Å². The Kier molecular flexibility index (Phi) is 2.57. The van der Waals surface area contributed by atoms with E-state index in [1.807, 2.05) is 0 Å². The van der Waals surface area contributed by atoms with Gasteiger partial charge in [0, 0.05) is 6.07 Å². The summed E-state index contributed by atoms with van der Waals surface area (Å²) in [6, 6.07) is 6.50. The lowest BCUT2D eigenvalue weighted by molar-refractivity contribution is -0.385. The van der Waals surface area contributed by atoms with Crippen LogP contribution in [0.2, 0.25) is 0 Å². The molecule has 13 heavy (non-hydrogen) atoms. The van der Waals surface area contributed by atoms with Gasteiger partial charge >= 0.3 is 0 Å². The number of alkyl halides is 1. The molecule has 1 aromatic rings. The van der Waals surface area contributed by atoms with Crippen molar-refractivity contribution in [2.45, 2.75) is 18.7 Å². The Morgan fingerprint density at radius 3 is 2.31 bits per heavy atom. The smallest absolute Gasteiger partial charge is 0.258 e. The lowest BCUT2D eigenvalue weighted by Gasteiger charge is -2.15. The van der Waals surface area contributed by atoms with E-state index >= 15 is 0 Å². The van der Waals surface area contributed by atoms with Crippen LogP contribution >= 0.6 is 11.6 Å². The number of halogens is 1. The zero-order valence-corrected chi connectivity index (χ0v) is 8.21.